The van der Waals surface area contributed by atoms with Crippen LogP contribution in [-0.4, -0.2) is 29.8 Å². The number of nitrogens with zero attached hydrogens (tertiary/aromatic N) is 1. The Bertz CT molecular complexity index is 267. The van der Waals surface area contributed by atoms with Crippen molar-refractivity contribution < 1.29 is 9.59 Å². The number of primary amides is 1. The highest BCUT2D eigenvalue weighted by molar-refractivity contribution is 5.92. The van der Waals surface area contributed by atoms with Crippen LogP contribution in [0.15, 0.2) is 24.3 Å². The summed E-state index contributed by atoms with van der Waals surface area (Å²) in [5, 5.41) is 0. The van der Waals surface area contributed by atoms with Gasteiger partial charge in [-0.3, -0.25) is 9.59 Å². The Morgan fingerprint density at radius 2 is 1.38 bits per heavy atom. The fourth-order valence-electron chi connectivity index (χ4n) is 0.781. The number of likely N-dealkylation sites (N-methyl/N-ethyl adjacent to an activating group) is 1. The molecule has 0 unspecified atom stereocenters. The molecule has 0 bridgehead atoms. The van der Waals surface area contributed by atoms with Gasteiger partial charge in [-0.25, -0.2) is 0 Å². The molecule has 0 aliphatic rings. The Kier molecular flexibility index (Phi) is 9.16. The predicted octanol–water partition coefficient (Wildman–Crippen LogP) is 1.48. The first kappa shape index (κ1) is 16.8. The molecule has 0 spiro atoms. The average Bonchev–Trinajstić information content (AvgIpc) is 2.20. The average molecular weight is 226 g/mol. The fourth-order valence-corrected chi connectivity index (χ4v) is 0.781. The zero-order valence-electron chi connectivity index (χ0n) is 10.7. The van der Waals surface area contributed by atoms with E-state index < -0.39 is 5.91 Å². The summed E-state index contributed by atoms with van der Waals surface area (Å²) < 4.78 is 0. The van der Waals surface area contributed by atoms with Crippen LogP contribution in [0, 0.1) is 0 Å². The number of amides is 2. The van der Waals surface area contributed by atoms with Gasteiger partial charge in [0.25, 0.3) is 0 Å². The highest BCUT2D eigenvalue weighted by Crippen LogP contribution is 1.96. The molecule has 0 fully saturated rings. The molecule has 0 aromatic heterocycles. The highest BCUT2D eigenvalue weighted by Gasteiger charge is 2.08. The molecule has 0 aliphatic heterocycles. The van der Waals surface area contributed by atoms with Crippen molar-refractivity contribution in [2.45, 2.75) is 27.7 Å². The first-order chi connectivity index (χ1) is 7.27. The Balaban J connectivity index is 0. The maximum Gasteiger partial charge on any atom is 0.248 e. The number of carbonyl (C=O) groups is 2. The van der Waals surface area contributed by atoms with Crippen LogP contribution in [-0.2, 0) is 9.59 Å². The van der Waals surface area contributed by atoms with E-state index in [-0.39, 0.29) is 5.91 Å². The van der Waals surface area contributed by atoms with Gasteiger partial charge in [0.15, 0.2) is 0 Å². The lowest BCUT2D eigenvalue weighted by molar-refractivity contribution is -0.126. The van der Waals surface area contributed by atoms with Crippen molar-refractivity contribution in [3.63, 3.8) is 0 Å². The predicted molar refractivity (Wildman–Crippen MR) is 66.8 cm³/mol. The minimum Gasteiger partial charge on any atom is -0.366 e. The zero-order valence-corrected chi connectivity index (χ0v) is 10.7. The van der Waals surface area contributed by atoms with Crippen LogP contribution >= 0.6 is 0 Å². The van der Waals surface area contributed by atoms with Gasteiger partial charge in [-0.15, -0.1) is 0 Å². The molecule has 0 rings (SSSR count). The van der Waals surface area contributed by atoms with Crippen LogP contribution < -0.4 is 5.73 Å². The van der Waals surface area contributed by atoms with Gasteiger partial charge >= 0.3 is 0 Å². The number of nitrogens with two attached hydrogens (primary N) is 1. The summed E-state index contributed by atoms with van der Waals surface area (Å²) in [5.74, 6) is -0.375. The largest absolute Gasteiger partial charge is 0.366 e. The van der Waals surface area contributed by atoms with Crippen molar-refractivity contribution in [1.29, 1.82) is 0 Å². The van der Waals surface area contributed by atoms with E-state index in [1.807, 2.05) is 13.8 Å². The van der Waals surface area contributed by atoms with E-state index in [0.29, 0.717) is 11.1 Å². The fraction of sp³-hybridized carbons (Fsp3) is 0.500. The van der Waals surface area contributed by atoms with Gasteiger partial charge < -0.3 is 10.6 Å². The summed E-state index contributed by atoms with van der Waals surface area (Å²) >= 11 is 0. The third-order valence-corrected chi connectivity index (χ3v) is 1.84. The van der Waals surface area contributed by atoms with Gasteiger partial charge in [0.05, 0.1) is 0 Å². The Morgan fingerprint density at radius 1 is 1.06 bits per heavy atom. The summed E-state index contributed by atoms with van der Waals surface area (Å²) in [6.45, 7) is 15.6. The molecule has 0 aliphatic carbocycles. The van der Waals surface area contributed by atoms with Crippen molar-refractivity contribution in [3.8, 4) is 0 Å². The molecule has 0 heterocycles. The number of hydrogen-bond donors (Lipinski definition) is 1. The van der Waals surface area contributed by atoms with Crippen LogP contribution in [0.5, 0.6) is 0 Å². The molecule has 4 nitrogen and oxygen atoms in total. The molecule has 0 saturated carbocycles. The maximum absolute atomic E-state index is 11.1. The normalized spacial score (nSPS) is 8.50. The van der Waals surface area contributed by atoms with Gasteiger partial charge in [-0.05, 0) is 27.7 Å². The van der Waals surface area contributed by atoms with Gasteiger partial charge in [0.2, 0.25) is 11.8 Å². The lowest BCUT2D eigenvalue weighted by Crippen LogP contribution is -2.30. The lowest BCUT2D eigenvalue weighted by atomic mass is 10.3. The summed E-state index contributed by atoms with van der Waals surface area (Å²) in [5.41, 5.74) is 5.71. The Hall–Kier alpha value is -1.58. The van der Waals surface area contributed by atoms with E-state index in [2.05, 4.69) is 13.2 Å². The summed E-state index contributed by atoms with van der Waals surface area (Å²) in [4.78, 5) is 22.7. The first-order valence-electron chi connectivity index (χ1n) is 5.17. The Labute approximate surface area is 97.8 Å². The van der Waals surface area contributed by atoms with Crippen molar-refractivity contribution in [2.24, 2.45) is 5.73 Å². The maximum atomic E-state index is 11.1. The highest BCUT2D eigenvalue weighted by atomic mass is 16.2. The van der Waals surface area contributed by atoms with Gasteiger partial charge in [0, 0.05) is 24.2 Å². The van der Waals surface area contributed by atoms with Crippen LogP contribution in [0.3, 0.4) is 0 Å². The zero-order chi connectivity index (χ0) is 13.3. The SMILES string of the molecule is C=C(C)C(=O)N(CC)CC.C=C(C)C(N)=O. The van der Waals surface area contributed by atoms with Gasteiger partial charge in [-0.1, -0.05) is 13.2 Å². The van der Waals surface area contributed by atoms with Crippen molar-refractivity contribution in [2.75, 3.05) is 13.1 Å². The second-order valence-corrected chi connectivity index (χ2v) is 3.40. The molecule has 92 valence electrons. The van der Waals surface area contributed by atoms with Crippen molar-refractivity contribution >= 4 is 11.8 Å². The quantitative estimate of drug-likeness (QED) is 0.738. The molecule has 0 atom stereocenters. The van der Waals surface area contributed by atoms with E-state index in [1.165, 1.54) is 0 Å². The molecule has 0 aromatic rings. The Morgan fingerprint density at radius 3 is 1.44 bits per heavy atom. The van der Waals surface area contributed by atoms with Gasteiger partial charge in [-0.2, -0.15) is 0 Å². The molecular weight excluding hydrogens is 204 g/mol. The number of carbonyl (C=O) groups excluding carboxylic acids is 2. The molecule has 2 N–H and O–H groups in total. The minimum atomic E-state index is -0.435. The van der Waals surface area contributed by atoms with E-state index in [1.54, 1.807) is 18.7 Å². The summed E-state index contributed by atoms with van der Waals surface area (Å²) in [7, 11) is 0. The molecule has 16 heavy (non-hydrogen) atoms. The number of rotatable bonds is 4. The molecular formula is C12H22N2O2. The van der Waals surface area contributed by atoms with Crippen LogP contribution in [0.1, 0.15) is 27.7 Å². The van der Waals surface area contributed by atoms with Crippen LogP contribution in [0.2, 0.25) is 0 Å². The molecule has 4 heteroatoms. The standard InChI is InChI=1S/C8H15NO.C4H7NO/c1-5-9(6-2)8(10)7(3)4;1-3(2)4(5)6/h3,5-6H2,1-2,4H3;1H2,2H3,(H2,5,6). The van der Waals surface area contributed by atoms with E-state index in [0.717, 1.165) is 13.1 Å². The summed E-state index contributed by atoms with van der Waals surface area (Å²) in [6.07, 6.45) is 0. The molecule has 0 saturated heterocycles. The monoisotopic (exact) mass is 226 g/mol. The van der Waals surface area contributed by atoms with E-state index >= 15 is 0 Å². The van der Waals surface area contributed by atoms with Crippen LogP contribution in [0.4, 0.5) is 0 Å². The molecule has 0 aromatic carbocycles. The third kappa shape index (κ3) is 7.79. The smallest absolute Gasteiger partial charge is 0.248 e. The molecule has 2 amide bonds. The first-order valence-corrected chi connectivity index (χ1v) is 5.17. The van der Waals surface area contributed by atoms with Crippen molar-refractivity contribution in [3.05, 3.63) is 24.3 Å². The van der Waals surface area contributed by atoms with E-state index in [9.17, 15) is 9.59 Å². The second-order valence-electron chi connectivity index (χ2n) is 3.40. The number of hydrogen-bond acceptors (Lipinski definition) is 2. The van der Waals surface area contributed by atoms with Crippen molar-refractivity contribution in [1.82, 2.24) is 4.90 Å². The topological polar surface area (TPSA) is 63.4 Å². The van der Waals surface area contributed by atoms with Gasteiger partial charge in [0.1, 0.15) is 0 Å². The van der Waals surface area contributed by atoms with Crippen LogP contribution in [0.25, 0.3) is 0 Å². The summed E-state index contributed by atoms with van der Waals surface area (Å²) in [6, 6.07) is 0. The third-order valence-electron chi connectivity index (χ3n) is 1.84. The molecule has 0 radical (unpaired) electrons. The van der Waals surface area contributed by atoms with E-state index in [4.69, 9.17) is 5.73 Å². The second kappa shape index (κ2) is 8.71. The lowest BCUT2D eigenvalue weighted by Gasteiger charge is -2.17. The minimum absolute atomic E-state index is 0.0602.